The number of nitrogens with zero attached hydrogens (tertiary/aromatic N) is 1. The van der Waals surface area contributed by atoms with Crippen LogP contribution in [-0.2, 0) is 33.4 Å². The van der Waals surface area contributed by atoms with Crippen molar-refractivity contribution < 1.29 is 48.7 Å². The molecule has 3 fully saturated rings. The second-order valence-electron chi connectivity index (χ2n) is 17.7. The predicted octanol–water partition coefficient (Wildman–Crippen LogP) is 6.73. The van der Waals surface area contributed by atoms with Gasteiger partial charge in [0.2, 0.25) is 5.79 Å². The molecule has 57 heavy (non-hydrogen) atoms. The van der Waals surface area contributed by atoms with Crippen LogP contribution in [0, 0.1) is 29.6 Å². The van der Waals surface area contributed by atoms with Crippen molar-refractivity contribution in [2.24, 2.45) is 29.6 Å². The topological polar surface area (TPSA) is 160 Å². The van der Waals surface area contributed by atoms with Gasteiger partial charge in [0.05, 0.1) is 24.4 Å². The molecule has 3 N–H and O–H groups in total. The average Bonchev–Trinajstić information content (AvgIpc) is 3.19. The number of cyclic esters (lactones) is 1. The van der Waals surface area contributed by atoms with E-state index in [4.69, 9.17) is 14.2 Å². The number of piperidine rings is 1. The highest BCUT2D eigenvalue weighted by atomic mass is 16.6. The summed E-state index contributed by atoms with van der Waals surface area (Å²) in [6.07, 6.45) is 16.7. The Morgan fingerprint density at radius 3 is 2.33 bits per heavy atom. The summed E-state index contributed by atoms with van der Waals surface area (Å²) in [6.45, 7) is 11.6. The van der Waals surface area contributed by atoms with Crippen molar-refractivity contribution in [2.45, 2.75) is 174 Å². The fourth-order valence-electron chi connectivity index (χ4n) is 8.99. The molecule has 0 aromatic carbocycles. The molecule has 10 atom stereocenters. The first-order valence-corrected chi connectivity index (χ1v) is 21.6. The van der Waals surface area contributed by atoms with Gasteiger partial charge in [-0.3, -0.25) is 14.4 Å². The Bertz CT molecular complexity index is 1490. The molecule has 0 spiro atoms. The number of esters is 1. The SMILES string of the molecule is CO[C@H]1C[C@@H]2CC[C@@H](C)[C@@](O)(O2)C(=O)C(=O)N2CCCC[C@H]2C(=O)OC([C@H](C)CC2CCC(O)CC2)C/C=C(\C)[C@@H](O)CC(=O)[C@H](C)C[C@H](C)/C=C/C=C/C=C1C. The third-order valence-corrected chi connectivity index (χ3v) is 13.1. The van der Waals surface area contributed by atoms with Crippen LogP contribution in [0.25, 0.3) is 0 Å². The minimum absolute atomic E-state index is 0.0162. The number of rotatable bonds is 4. The van der Waals surface area contributed by atoms with Crippen molar-refractivity contribution in [3.63, 3.8) is 0 Å². The first-order valence-electron chi connectivity index (χ1n) is 21.6. The van der Waals surface area contributed by atoms with E-state index < -0.39 is 53.7 Å². The summed E-state index contributed by atoms with van der Waals surface area (Å²) in [5.41, 5.74) is 1.54. The molecule has 3 heterocycles. The molecule has 4 rings (SSSR count). The normalized spacial score (nSPS) is 39.1. The van der Waals surface area contributed by atoms with E-state index in [1.54, 1.807) is 21.0 Å². The summed E-state index contributed by atoms with van der Waals surface area (Å²) in [6, 6.07) is -1.01. The lowest BCUT2D eigenvalue weighted by molar-refractivity contribution is -0.265. The van der Waals surface area contributed by atoms with Crippen LogP contribution in [0.1, 0.15) is 131 Å². The van der Waals surface area contributed by atoms with Gasteiger partial charge in [-0.15, -0.1) is 0 Å². The summed E-state index contributed by atoms with van der Waals surface area (Å²) in [4.78, 5) is 56.8. The van der Waals surface area contributed by atoms with E-state index in [2.05, 4.69) is 6.92 Å². The molecule has 3 aliphatic heterocycles. The standard InChI is InChI=1S/C46H71NO10/c1-29-13-9-8-10-14-31(3)42(55-7)27-37-22-17-34(6)46(54,57-37)43(51)44(52)47-24-12-11-15-38(47)45(53)56-41(33(5)26-35-18-20-36(48)21-19-35)23-16-30(2)39(49)28-40(50)32(4)25-29/h8-10,13-14,16,29,32-39,41-42,48-49,54H,11-12,15,17-28H2,1-7H3/b10-8+,13-9+,30-16+,31-14?/t29-,32-,33-,34-,35?,36?,37+,38+,39+,41?,42+,46-/m1/s1. The van der Waals surface area contributed by atoms with Crippen LogP contribution in [0.2, 0.25) is 0 Å². The molecule has 1 unspecified atom stereocenters. The molecule has 2 bridgehead atoms. The summed E-state index contributed by atoms with van der Waals surface area (Å²) >= 11 is 0. The summed E-state index contributed by atoms with van der Waals surface area (Å²) in [5.74, 6) is -5.53. The van der Waals surface area contributed by atoms with E-state index in [1.807, 2.05) is 57.2 Å². The first-order chi connectivity index (χ1) is 27.0. The van der Waals surface area contributed by atoms with Gasteiger partial charge < -0.3 is 34.4 Å². The number of aliphatic hydroxyl groups is 3. The minimum atomic E-state index is -2.36. The number of Topliss-reactive ketones (excluding diaryl/α,β-unsaturated/α-hetero) is 2. The number of hydrogen-bond donors (Lipinski definition) is 3. The molecule has 0 aromatic heterocycles. The Morgan fingerprint density at radius 1 is 0.912 bits per heavy atom. The maximum atomic E-state index is 14.1. The van der Waals surface area contributed by atoms with Crippen molar-refractivity contribution in [1.82, 2.24) is 4.90 Å². The van der Waals surface area contributed by atoms with Gasteiger partial charge in [0.15, 0.2) is 0 Å². The Kier molecular flexibility index (Phi) is 17.9. The highest BCUT2D eigenvalue weighted by molar-refractivity contribution is 6.39. The van der Waals surface area contributed by atoms with E-state index >= 15 is 0 Å². The largest absolute Gasteiger partial charge is 0.460 e. The van der Waals surface area contributed by atoms with Crippen molar-refractivity contribution in [2.75, 3.05) is 13.7 Å². The highest BCUT2D eigenvalue weighted by Crippen LogP contribution is 2.37. The zero-order valence-electron chi connectivity index (χ0n) is 35.6. The summed E-state index contributed by atoms with van der Waals surface area (Å²) < 4.78 is 18.2. The third-order valence-electron chi connectivity index (χ3n) is 13.1. The lowest BCUT2D eigenvalue weighted by atomic mass is 9.80. The van der Waals surface area contributed by atoms with E-state index in [9.17, 15) is 34.5 Å². The summed E-state index contributed by atoms with van der Waals surface area (Å²) in [7, 11) is 1.60. The second kappa shape index (κ2) is 21.9. The summed E-state index contributed by atoms with van der Waals surface area (Å²) in [5, 5.41) is 33.1. The van der Waals surface area contributed by atoms with Crippen LogP contribution in [0.15, 0.2) is 47.6 Å². The number of allylic oxidation sites excluding steroid dienone is 5. The molecule has 1 aliphatic carbocycles. The fourth-order valence-corrected chi connectivity index (χ4v) is 8.99. The van der Waals surface area contributed by atoms with Gasteiger partial charge in [0.1, 0.15) is 17.9 Å². The smallest absolute Gasteiger partial charge is 0.329 e. The fraction of sp³-hybridized carbons (Fsp3) is 0.739. The molecular weight excluding hydrogens is 727 g/mol. The van der Waals surface area contributed by atoms with Crippen molar-refractivity contribution in [1.29, 1.82) is 0 Å². The molecule has 1 saturated carbocycles. The number of methoxy groups -OCH3 is 1. The zero-order valence-corrected chi connectivity index (χ0v) is 35.6. The number of carbonyl (C=O) groups excluding carboxylic acids is 4. The van der Waals surface area contributed by atoms with Gasteiger partial charge in [-0.1, -0.05) is 64.2 Å². The minimum Gasteiger partial charge on any atom is -0.460 e. The highest BCUT2D eigenvalue weighted by Gasteiger charge is 2.53. The molecule has 0 radical (unpaired) electrons. The number of fused-ring (bicyclic) bond motifs is 3. The van der Waals surface area contributed by atoms with Crippen molar-refractivity contribution in [3.05, 3.63) is 47.6 Å². The van der Waals surface area contributed by atoms with Crippen LogP contribution in [-0.4, -0.2) is 99.7 Å². The van der Waals surface area contributed by atoms with Gasteiger partial charge in [-0.2, -0.15) is 0 Å². The lowest BCUT2D eigenvalue weighted by Crippen LogP contribution is -2.61. The van der Waals surface area contributed by atoms with E-state index in [0.29, 0.717) is 62.9 Å². The maximum Gasteiger partial charge on any atom is 0.329 e. The van der Waals surface area contributed by atoms with Crippen LogP contribution < -0.4 is 0 Å². The third kappa shape index (κ3) is 13.0. The molecule has 1 amide bonds. The average molecular weight is 798 g/mol. The Hall–Kier alpha value is -2.96. The predicted molar refractivity (Wildman–Crippen MR) is 219 cm³/mol. The maximum absolute atomic E-state index is 14.1. The Morgan fingerprint density at radius 2 is 1.63 bits per heavy atom. The first kappa shape index (κ1) is 46.7. The quantitative estimate of drug-likeness (QED) is 0.158. The van der Waals surface area contributed by atoms with Crippen molar-refractivity contribution in [3.8, 4) is 0 Å². The molecular formula is C46H71NO10. The molecule has 320 valence electrons. The molecule has 11 heteroatoms. The lowest BCUT2D eigenvalue weighted by Gasteiger charge is -2.42. The molecule has 4 aliphatic rings. The van der Waals surface area contributed by atoms with Gasteiger partial charge >= 0.3 is 5.97 Å². The van der Waals surface area contributed by atoms with E-state index in [1.165, 1.54) is 4.90 Å². The number of amides is 1. The Labute approximate surface area is 341 Å². The van der Waals surface area contributed by atoms with E-state index in [0.717, 1.165) is 37.7 Å². The second-order valence-corrected chi connectivity index (χ2v) is 17.7. The van der Waals surface area contributed by atoms with E-state index in [-0.39, 0.29) is 48.7 Å². The number of ketones is 2. The zero-order chi connectivity index (χ0) is 41.9. The number of aliphatic hydroxyl groups excluding tert-OH is 2. The van der Waals surface area contributed by atoms with Crippen LogP contribution >= 0.6 is 0 Å². The number of carbonyl (C=O) groups is 4. The van der Waals surface area contributed by atoms with Gasteiger partial charge in [0.25, 0.3) is 11.7 Å². The van der Waals surface area contributed by atoms with Gasteiger partial charge in [0, 0.05) is 44.8 Å². The van der Waals surface area contributed by atoms with Gasteiger partial charge in [-0.05, 0) is 113 Å². The molecule has 11 nitrogen and oxygen atoms in total. The number of hydrogen-bond acceptors (Lipinski definition) is 10. The Balaban J connectivity index is 1.64. The van der Waals surface area contributed by atoms with Crippen LogP contribution in [0.3, 0.4) is 0 Å². The molecule has 0 aromatic rings. The monoisotopic (exact) mass is 798 g/mol. The van der Waals surface area contributed by atoms with Crippen LogP contribution in [0.5, 0.6) is 0 Å². The number of ether oxygens (including phenoxy) is 3. The van der Waals surface area contributed by atoms with Crippen LogP contribution in [0.4, 0.5) is 0 Å². The molecule has 2 saturated heterocycles. The van der Waals surface area contributed by atoms with Gasteiger partial charge in [-0.25, -0.2) is 4.79 Å². The van der Waals surface area contributed by atoms with Crippen molar-refractivity contribution >= 4 is 23.4 Å².